The summed E-state index contributed by atoms with van der Waals surface area (Å²) in [6.45, 7) is 3.50. The predicted octanol–water partition coefficient (Wildman–Crippen LogP) is 4.03. The van der Waals surface area contributed by atoms with E-state index in [1.807, 2.05) is 18.2 Å². The average molecular weight is 390 g/mol. The fourth-order valence-corrected chi connectivity index (χ4v) is 4.14. The number of hydrogen-bond acceptors (Lipinski definition) is 5. The van der Waals surface area contributed by atoms with Gasteiger partial charge in [-0.15, -0.1) is 0 Å². The van der Waals surface area contributed by atoms with Crippen LogP contribution in [0.25, 0.3) is 11.0 Å². The van der Waals surface area contributed by atoms with E-state index in [0.717, 1.165) is 48.0 Å². The van der Waals surface area contributed by atoms with Crippen molar-refractivity contribution in [3.05, 3.63) is 62.3 Å². The lowest BCUT2D eigenvalue weighted by Crippen LogP contribution is -2.18. The number of carbonyl (C=O) groups excluding carboxylic acids is 1. The maximum absolute atomic E-state index is 12.4. The Morgan fingerprint density at radius 1 is 1.28 bits per heavy atom. The number of nitrogens with zero attached hydrogens (tertiary/aromatic N) is 1. The summed E-state index contributed by atoms with van der Waals surface area (Å²) in [6.07, 6.45) is 4.79. The number of nitriles is 1. The molecule has 6 nitrogen and oxygen atoms in total. The summed E-state index contributed by atoms with van der Waals surface area (Å²) in [5, 5.41) is 10.2. The normalized spacial score (nSPS) is 13.1. The Bertz CT molecular complexity index is 1210. The smallest absolute Gasteiger partial charge is 0.311 e. The van der Waals surface area contributed by atoms with Gasteiger partial charge in [0.05, 0.1) is 6.42 Å². The number of aryl methyl sites for hydroxylation is 3. The zero-order valence-corrected chi connectivity index (χ0v) is 16.6. The minimum Gasteiger partial charge on any atom is -0.461 e. The van der Waals surface area contributed by atoms with E-state index >= 15 is 0 Å². The lowest BCUT2D eigenvalue weighted by Gasteiger charge is -2.11. The highest BCUT2D eigenvalue weighted by Gasteiger charge is 2.19. The number of hydrogen-bond donors (Lipinski definition) is 1. The number of fused-ring (bicyclic) bond motifs is 3. The molecule has 0 spiro atoms. The molecule has 0 aliphatic heterocycles. The highest BCUT2D eigenvalue weighted by molar-refractivity contribution is 5.85. The largest absolute Gasteiger partial charge is 0.461 e. The number of ether oxygens (including phenoxy) is 1. The number of aromatic nitrogens is 1. The van der Waals surface area contributed by atoms with Crippen molar-refractivity contribution in [3.8, 4) is 11.8 Å². The van der Waals surface area contributed by atoms with Gasteiger partial charge in [0.25, 0.3) is 5.56 Å². The van der Waals surface area contributed by atoms with Crippen LogP contribution in [-0.2, 0) is 24.1 Å². The minimum atomic E-state index is -0.398. The number of furan rings is 1. The molecule has 2 aromatic heterocycles. The molecular formula is C23H22N2O4. The SMILES string of the molecule is Cc1[nH]c(=O)c(C#N)c(C)c1CCC(=O)Oc1ccc2oc3c(c2c1)CCCC3. The van der Waals surface area contributed by atoms with Gasteiger partial charge in [-0.1, -0.05) is 0 Å². The molecule has 1 aliphatic rings. The first kappa shape index (κ1) is 19.0. The Kier molecular flexibility index (Phi) is 4.98. The molecule has 2 heterocycles. The van der Waals surface area contributed by atoms with Gasteiger partial charge < -0.3 is 14.1 Å². The molecule has 4 rings (SSSR count). The van der Waals surface area contributed by atoms with Crippen LogP contribution >= 0.6 is 0 Å². The summed E-state index contributed by atoms with van der Waals surface area (Å²) in [7, 11) is 0. The number of rotatable bonds is 4. The molecule has 1 N–H and O–H groups in total. The van der Waals surface area contributed by atoms with Crippen molar-refractivity contribution in [1.82, 2.24) is 4.98 Å². The standard InChI is InChI=1S/C23H22N2O4/c1-13-16(14(2)25-23(27)19(13)12-24)8-10-22(26)28-15-7-9-21-18(11-15)17-5-3-4-6-20(17)29-21/h7,9,11H,3-6,8,10H2,1-2H3,(H,25,27). The molecule has 0 amide bonds. The molecule has 0 atom stereocenters. The number of carbonyl (C=O) groups is 1. The Hall–Kier alpha value is -3.33. The second-order valence-corrected chi connectivity index (χ2v) is 7.51. The highest BCUT2D eigenvalue weighted by Crippen LogP contribution is 2.34. The van der Waals surface area contributed by atoms with Gasteiger partial charge in [-0.2, -0.15) is 5.26 Å². The van der Waals surface area contributed by atoms with Crippen LogP contribution in [0.2, 0.25) is 0 Å². The molecule has 0 saturated carbocycles. The van der Waals surface area contributed by atoms with Gasteiger partial charge >= 0.3 is 5.97 Å². The van der Waals surface area contributed by atoms with Gasteiger partial charge in [0.2, 0.25) is 0 Å². The third-order valence-corrected chi connectivity index (χ3v) is 5.66. The van der Waals surface area contributed by atoms with E-state index in [1.54, 1.807) is 19.9 Å². The number of pyridine rings is 1. The van der Waals surface area contributed by atoms with Gasteiger partial charge in [0, 0.05) is 23.1 Å². The van der Waals surface area contributed by atoms with E-state index < -0.39 is 5.56 Å². The number of benzene rings is 1. The van der Waals surface area contributed by atoms with Gasteiger partial charge in [0.15, 0.2) is 0 Å². The second-order valence-electron chi connectivity index (χ2n) is 7.51. The third kappa shape index (κ3) is 3.56. The van der Waals surface area contributed by atoms with Crippen LogP contribution in [0.5, 0.6) is 5.75 Å². The quantitative estimate of drug-likeness (QED) is 0.536. The fraction of sp³-hybridized carbons (Fsp3) is 0.348. The first-order valence-electron chi connectivity index (χ1n) is 9.85. The second kappa shape index (κ2) is 7.59. The van der Waals surface area contributed by atoms with E-state index in [4.69, 9.17) is 9.15 Å². The van der Waals surface area contributed by atoms with E-state index in [2.05, 4.69) is 4.98 Å². The van der Waals surface area contributed by atoms with Crippen molar-refractivity contribution < 1.29 is 13.9 Å². The van der Waals surface area contributed by atoms with E-state index in [9.17, 15) is 14.9 Å². The lowest BCUT2D eigenvalue weighted by molar-refractivity contribution is -0.134. The van der Waals surface area contributed by atoms with Crippen LogP contribution < -0.4 is 10.3 Å². The third-order valence-electron chi connectivity index (χ3n) is 5.66. The van der Waals surface area contributed by atoms with Crippen molar-refractivity contribution in [2.75, 3.05) is 0 Å². The Balaban J connectivity index is 1.50. The molecule has 0 fully saturated rings. The Morgan fingerprint density at radius 2 is 2.07 bits per heavy atom. The molecule has 148 valence electrons. The van der Waals surface area contributed by atoms with E-state index in [-0.39, 0.29) is 18.0 Å². The van der Waals surface area contributed by atoms with Gasteiger partial charge in [-0.3, -0.25) is 9.59 Å². The summed E-state index contributed by atoms with van der Waals surface area (Å²) in [6, 6.07) is 7.41. The molecule has 1 aromatic carbocycles. The van der Waals surface area contributed by atoms with Crippen LogP contribution in [0.3, 0.4) is 0 Å². The van der Waals surface area contributed by atoms with Crippen molar-refractivity contribution in [2.24, 2.45) is 0 Å². The van der Waals surface area contributed by atoms with Crippen LogP contribution in [0.15, 0.2) is 27.4 Å². The first-order chi connectivity index (χ1) is 14.0. The maximum Gasteiger partial charge on any atom is 0.311 e. The summed E-state index contributed by atoms with van der Waals surface area (Å²) in [5.41, 5.74) is 3.85. The van der Waals surface area contributed by atoms with Crippen LogP contribution in [-0.4, -0.2) is 11.0 Å². The molecule has 0 saturated heterocycles. The number of aromatic amines is 1. The summed E-state index contributed by atoms with van der Waals surface area (Å²) >= 11 is 0. The monoisotopic (exact) mass is 390 g/mol. The average Bonchev–Trinajstić information content (AvgIpc) is 3.06. The summed E-state index contributed by atoms with van der Waals surface area (Å²) in [5.74, 6) is 1.20. The first-order valence-corrected chi connectivity index (χ1v) is 9.85. The number of esters is 1. The van der Waals surface area contributed by atoms with Crippen molar-refractivity contribution in [3.63, 3.8) is 0 Å². The van der Waals surface area contributed by atoms with Crippen LogP contribution in [0.4, 0.5) is 0 Å². The number of nitrogens with one attached hydrogen (secondary N) is 1. The summed E-state index contributed by atoms with van der Waals surface area (Å²) in [4.78, 5) is 26.9. The van der Waals surface area contributed by atoms with Gasteiger partial charge in [0.1, 0.15) is 28.7 Å². The molecule has 0 bridgehead atoms. The molecule has 0 radical (unpaired) electrons. The molecule has 29 heavy (non-hydrogen) atoms. The molecule has 0 unspecified atom stereocenters. The van der Waals surface area contributed by atoms with Crippen molar-refractivity contribution in [1.29, 1.82) is 5.26 Å². The topological polar surface area (TPSA) is 96.1 Å². The minimum absolute atomic E-state index is 0.0918. The van der Waals surface area contributed by atoms with Crippen LogP contribution in [0, 0.1) is 25.2 Å². The Labute approximate surface area is 168 Å². The predicted molar refractivity (Wildman–Crippen MR) is 108 cm³/mol. The van der Waals surface area contributed by atoms with Crippen molar-refractivity contribution in [2.45, 2.75) is 52.4 Å². The zero-order valence-electron chi connectivity index (χ0n) is 16.6. The Morgan fingerprint density at radius 3 is 2.86 bits per heavy atom. The van der Waals surface area contributed by atoms with Crippen LogP contribution in [0.1, 0.15) is 53.0 Å². The molecular weight excluding hydrogens is 368 g/mol. The lowest BCUT2D eigenvalue weighted by atomic mass is 9.96. The van der Waals surface area contributed by atoms with Crippen molar-refractivity contribution >= 4 is 16.9 Å². The maximum atomic E-state index is 12.4. The van der Waals surface area contributed by atoms with E-state index in [0.29, 0.717) is 23.4 Å². The van der Waals surface area contributed by atoms with Gasteiger partial charge in [-0.05, 0) is 68.9 Å². The fourth-order valence-electron chi connectivity index (χ4n) is 4.14. The zero-order chi connectivity index (χ0) is 20.5. The molecule has 3 aromatic rings. The highest BCUT2D eigenvalue weighted by atomic mass is 16.5. The molecule has 1 aliphatic carbocycles. The van der Waals surface area contributed by atoms with Gasteiger partial charge in [-0.25, -0.2) is 0 Å². The number of H-pyrrole nitrogens is 1. The van der Waals surface area contributed by atoms with E-state index in [1.165, 1.54) is 5.56 Å². The summed E-state index contributed by atoms with van der Waals surface area (Å²) < 4.78 is 11.5. The molecule has 6 heteroatoms.